The van der Waals surface area contributed by atoms with Gasteiger partial charge in [-0.05, 0) is 36.8 Å². The second-order valence-electron chi connectivity index (χ2n) is 5.45. The van der Waals surface area contributed by atoms with Crippen LogP contribution >= 0.6 is 11.3 Å². The Kier molecular flexibility index (Phi) is 3.39. The van der Waals surface area contributed by atoms with E-state index in [2.05, 4.69) is 10.3 Å². The van der Waals surface area contributed by atoms with Gasteiger partial charge < -0.3 is 5.32 Å². The number of hydrogen-bond acceptors (Lipinski definition) is 4. The lowest BCUT2D eigenvalue weighted by Crippen LogP contribution is -2.14. The van der Waals surface area contributed by atoms with Crippen LogP contribution in [0.3, 0.4) is 0 Å². The maximum Gasteiger partial charge on any atom is 0.266 e. The smallest absolute Gasteiger partial charge is 0.266 e. The number of carbonyl (C=O) groups is 1. The number of pyridine rings is 1. The van der Waals surface area contributed by atoms with E-state index in [9.17, 15) is 9.59 Å². The molecule has 0 aliphatic carbocycles. The van der Waals surface area contributed by atoms with Crippen LogP contribution in [0.25, 0.3) is 15.9 Å². The van der Waals surface area contributed by atoms with Gasteiger partial charge in [-0.1, -0.05) is 24.3 Å². The summed E-state index contributed by atoms with van der Waals surface area (Å²) in [5, 5.41) is 3.29. The molecule has 1 N–H and O–H groups in total. The Balaban J connectivity index is 1.82. The van der Waals surface area contributed by atoms with Gasteiger partial charge in [-0.3, -0.25) is 14.0 Å². The van der Waals surface area contributed by atoms with Crippen molar-refractivity contribution in [3.05, 3.63) is 75.5 Å². The molecule has 1 aromatic carbocycles. The molecule has 0 saturated heterocycles. The first kappa shape index (κ1) is 14.6. The number of thiophene rings is 1. The number of rotatable bonds is 2. The van der Waals surface area contributed by atoms with Crippen LogP contribution in [0.5, 0.6) is 0 Å². The zero-order valence-electron chi connectivity index (χ0n) is 12.8. The van der Waals surface area contributed by atoms with Crippen LogP contribution in [-0.2, 0) is 0 Å². The van der Waals surface area contributed by atoms with E-state index in [1.54, 1.807) is 12.3 Å². The van der Waals surface area contributed by atoms with Crippen molar-refractivity contribution in [1.82, 2.24) is 9.38 Å². The number of amides is 1. The summed E-state index contributed by atoms with van der Waals surface area (Å²) < 4.78 is 1.52. The lowest BCUT2D eigenvalue weighted by atomic mass is 10.2. The summed E-state index contributed by atoms with van der Waals surface area (Å²) in [5.41, 5.74) is 2.09. The van der Waals surface area contributed by atoms with Crippen molar-refractivity contribution in [1.29, 1.82) is 0 Å². The molecule has 0 fully saturated rings. The Morgan fingerprint density at radius 2 is 1.96 bits per heavy atom. The van der Waals surface area contributed by atoms with Crippen molar-refractivity contribution in [3.63, 3.8) is 0 Å². The van der Waals surface area contributed by atoms with Crippen LogP contribution in [0.2, 0.25) is 0 Å². The monoisotopic (exact) mass is 335 g/mol. The SMILES string of the molecule is Cc1cccn2c(=O)c3cc(C(=O)Nc4ccccc4)sc3nc12. The second-order valence-corrected chi connectivity index (χ2v) is 6.48. The van der Waals surface area contributed by atoms with E-state index in [1.165, 1.54) is 15.7 Å². The summed E-state index contributed by atoms with van der Waals surface area (Å²) in [5.74, 6) is -0.241. The van der Waals surface area contributed by atoms with E-state index in [4.69, 9.17) is 0 Å². The first-order chi connectivity index (χ1) is 11.6. The number of para-hydroxylation sites is 1. The van der Waals surface area contributed by atoms with E-state index in [0.29, 0.717) is 26.4 Å². The molecular formula is C18H13N3O2S. The Morgan fingerprint density at radius 3 is 2.75 bits per heavy atom. The van der Waals surface area contributed by atoms with Crippen LogP contribution < -0.4 is 10.9 Å². The largest absolute Gasteiger partial charge is 0.321 e. The highest BCUT2D eigenvalue weighted by Crippen LogP contribution is 2.23. The normalized spacial score (nSPS) is 11.0. The molecule has 0 radical (unpaired) electrons. The number of aromatic nitrogens is 2. The van der Waals surface area contributed by atoms with Gasteiger partial charge in [0.05, 0.1) is 10.3 Å². The molecule has 0 aliphatic heterocycles. The van der Waals surface area contributed by atoms with Crippen molar-refractivity contribution in [2.24, 2.45) is 0 Å². The number of nitrogens with zero attached hydrogens (tertiary/aromatic N) is 2. The molecular weight excluding hydrogens is 322 g/mol. The number of nitrogens with one attached hydrogen (secondary N) is 1. The van der Waals surface area contributed by atoms with Gasteiger partial charge in [-0.25, -0.2) is 4.98 Å². The molecule has 118 valence electrons. The highest BCUT2D eigenvalue weighted by molar-refractivity contribution is 7.20. The molecule has 0 unspecified atom stereocenters. The van der Waals surface area contributed by atoms with Crippen molar-refractivity contribution in [2.45, 2.75) is 6.92 Å². The Morgan fingerprint density at radius 1 is 1.17 bits per heavy atom. The zero-order valence-corrected chi connectivity index (χ0v) is 13.6. The quantitative estimate of drug-likeness (QED) is 0.610. The third-order valence-corrected chi connectivity index (χ3v) is 4.81. The van der Waals surface area contributed by atoms with Gasteiger partial charge in [0.2, 0.25) is 0 Å². The fourth-order valence-electron chi connectivity index (χ4n) is 2.58. The van der Waals surface area contributed by atoms with Crippen LogP contribution in [-0.4, -0.2) is 15.3 Å². The average Bonchev–Trinajstić information content (AvgIpc) is 3.02. The maximum atomic E-state index is 12.6. The van der Waals surface area contributed by atoms with Gasteiger partial charge in [-0.2, -0.15) is 0 Å². The van der Waals surface area contributed by atoms with Gasteiger partial charge >= 0.3 is 0 Å². The first-order valence-corrected chi connectivity index (χ1v) is 8.23. The van der Waals surface area contributed by atoms with Crippen LogP contribution in [0.1, 0.15) is 15.2 Å². The zero-order chi connectivity index (χ0) is 16.7. The van der Waals surface area contributed by atoms with Gasteiger partial charge in [0.15, 0.2) is 0 Å². The Bertz CT molecular complexity index is 1130. The van der Waals surface area contributed by atoms with Crippen LogP contribution in [0.4, 0.5) is 5.69 Å². The predicted molar refractivity (Wildman–Crippen MR) is 96.0 cm³/mol. The molecule has 4 rings (SSSR count). The van der Waals surface area contributed by atoms with Gasteiger partial charge in [0.25, 0.3) is 11.5 Å². The Hall–Kier alpha value is -2.99. The molecule has 0 saturated carbocycles. The number of hydrogen-bond donors (Lipinski definition) is 1. The first-order valence-electron chi connectivity index (χ1n) is 7.41. The molecule has 6 heteroatoms. The summed E-state index contributed by atoms with van der Waals surface area (Å²) in [6.45, 7) is 1.91. The van der Waals surface area contributed by atoms with E-state index in [1.807, 2.05) is 49.4 Å². The van der Waals surface area contributed by atoms with Gasteiger partial charge in [0.1, 0.15) is 10.5 Å². The number of fused-ring (bicyclic) bond motifs is 2. The lowest BCUT2D eigenvalue weighted by Gasteiger charge is -2.02. The molecule has 5 nitrogen and oxygen atoms in total. The molecule has 0 atom stereocenters. The number of anilines is 1. The molecule has 3 heterocycles. The fraction of sp³-hybridized carbons (Fsp3) is 0.0556. The van der Waals surface area contributed by atoms with Crippen molar-refractivity contribution < 1.29 is 4.79 Å². The highest BCUT2D eigenvalue weighted by atomic mass is 32.1. The van der Waals surface area contributed by atoms with Crippen molar-refractivity contribution in [3.8, 4) is 0 Å². The summed E-state index contributed by atoms with van der Waals surface area (Å²) in [4.78, 5) is 30.6. The van der Waals surface area contributed by atoms with E-state index in [0.717, 1.165) is 5.56 Å². The summed E-state index contributed by atoms with van der Waals surface area (Å²) >= 11 is 1.23. The lowest BCUT2D eigenvalue weighted by molar-refractivity contribution is 0.103. The van der Waals surface area contributed by atoms with Crippen LogP contribution in [0, 0.1) is 6.92 Å². The standard InChI is InChI=1S/C18H13N3O2S/c1-11-6-5-9-21-15(11)20-17-13(18(21)23)10-14(24-17)16(22)19-12-7-3-2-4-8-12/h2-10H,1H3,(H,19,22). The average molecular weight is 335 g/mol. The number of carbonyl (C=O) groups excluding carboxylic acids is 1. The van der Waals surface area contributed by atoms with E-state index < -0.39 is 0 Å². The minimum absolute atomic E-state index is 0.159. The summed E-state index contributed by atoms with van der Waals surface area (Å²) in [6.07, 6.45) is 1.69. The third kappa shape index (κ3) is 2.37. The topological polar surface area (TPSA) is 63.5 Å². The molecule has 0 bridgehead atoms. The van der Waals surface area contributed by atoms with E-state index >= 15 is 0 Å². The number of benzene rings is 1. The molecule has 0 aliphatic rings. The summed E-state index contributed by atoms with van der Waals surface area (Å²) in [7, 11) is 0. The third-order valence-electron chi connectivity index (χ3n) is 3.79. The molecule has 24 heavy (non-hydrogen) atoms. The maximum absolute atomic E-state index is 12.6. The van der Waals surface area contributed by atoms with Crippen molar-refractivity contribution >= 4 is 38.8 Å². The second kappa shape index (κ2) is 5.58. The highest BCUT2D eigenvalue weighted by Gasteiger charge is 2.15. The minimum Gasteiger partial charge on any atom is -0.321 e. The molecule has 4 aromatic rings. The predicted octanol–water partition coefficient (Wildman–Crippen LogP) is 3.47. The fourth-order valence-corrected chi connectivity index (χ4v) is 3.50. The van der Waals surface area contributed by atoms with E-state index in [-0.39, 0.29) is 11.5 Å². The summed E-state index contributed by atoms with van der Waals surface area (Å²) in [6, 6.07) is 14.5. The Labute approximate surface area is 141 Å². The van der Waals surface area contributed by atoms with Gasteiger partial charge in [0, 0.05) is 11.9 Å². The molecule has 1 amide bonds. The van der Waals surface area contributed by atoms with Gasteiger partial charge in [-0.15, -0.1) is 11.3 Å². The molecule has 3 aromatic heterocycles. The number of aryl methyl sites for hydroxylation is 1. The molecule has 0 spiro atoms. The van der Waals surface area contributed by atoms with Crippen molar-refractivity contribution in [2.75, 3.05) is 5.32 Å². The minimum atomic E-state index is -0.241. The van der Waals surface area contributed by atoms with Crippen LogP contribution in [0.15, 0.2) is 59.5 Å².